The predicted octanol–water partition coefficient (Wildman–Crippen LogP) is 3.28. The predicted molar refractivity (Wildman–Crippen MR) is 126 cm³/mol. The summed E-state index contributed by atoms with van der Waals surface area (Å²) in [6, 6.07) is 7.83. The standard InChI is InChI=1S/C27H29FN2O5/c1-34-26-19-5-2-4-18(19)17(14-21(26)27(33)30-23-9-11-35-15-25(23)32)12-16-7-8-20(22(28)13-16)24(31)6-3-10-29/h7-8,13-14,23,25,32H,2-6,9,11-12,15H2,1H3,(H,30,33)/t23-,25-/m0/s1. The molecule has 2 aliphatic rings. The summed E-state index contributed by atoms with van der Waals surface area (Å²) in [7, 11) is 1.55. The number of hydrogen-bond acceptors (Lipinski definition) is 6. The second kappa shape index (κ2) is 11.0. The van der Waals surface area contributed by atoms with Gasteiger partial charge in [-0.05, 0) is 72.6 Å². The van der Waals surface area contributed by atoms with Crippen molar-refractivity contribution in [3.63, 3.8) is 0 Å². The molecular formula is C27H29FN2O5. The van der Waals surface area contributed by atoms with Crippen molar-refractivity contribution in [3.8, 4) is 11.8 Å². The van der Waals surface area contributed by atoms with Crippen molar-refractivity contribution >= 4 is 11.7 Å². The molecule has 1 saturated heterocycles. The zero-order valence-electron chi connectivity index (χ0n) is 19.7. The third-order valence-corrected chi connectivity index (χ3v) is 6.73. The summed E-state index contributed by atoms with van der Waals surface area (Å²) in [5.41, 5.74) is 4.08. The molecule has 1 aliphatic carbocycles. The molecule has 184 valence electrons. The lowest BCUT2D eigenvalue weighted by molar-refractivity contribution is -0.0261. The average molecular weight is 481 g/mol. The van der Waals surface area contributed by atoms with Crippen LogP contribution in [-0.2, 0) is 24.0 Å². The van der Waals surface area contributed by atoms with Gasteiger partial charge in [0, 0.05) is 19.4 Å². The molecule has 0 bridgehead atoms. The molecule has 8 heteroatoms. The number of benzene rings is 2. The van der Waals surface area contributed by atoms with Crippen LogP contribution in [0.25, 0.3) is 0 Å². The van der Waals surface area contributed by atoms with Gasteiger partial charge < -0.3 is 19.9 Å². The maximum atomic E-state index is 14.7. The number of fused-ring (bicyclic) bond motifs is 1. The van der Waals surface area contributed by atoms with E-state index in [0.29, 0.717) is 36.3 Å². The van der Waals surface area contributed by atoms with E-state index in [2.05, 4.69) is 5.32 Å². The van der Waals surface area contributed by atoms with E-state index in [-0.39, 0.29) is 30.9 Å². The Kier molecular flexibility index (Phi) is 7.79. The molecule has 1 amide bonds. The normalized spacial score (nSPS) is 19.0. The Bertz CT molecular complexity index is 1170. The number of carbonyl (C=O) groups is 2. The van der Waals surface area contributed by atoms with E-state index in [9.17, 15) is 19.1 Å². The molecule has 1 fully saturated rings. The number of nitrogens with one attached hydrogen (secondary N) is 1. The number of methoxy groups -OCH3 is 1. The van der Waals surface area contributed by atoms with Gasteiger partial charge in [-0.3, -0.25) is 9.59 Å². The molecule has 2 aromatic rings. The van der Waals surface area contributed by atoms with Crippen molar-refractivity contribution in [2.24, 2.45) is 0 Å². The number of amides is 1. The van der Waals surface area contributed by atoms with Crippen molar-refractivity contribution in [1.29, 1.82) is 5.26 Å². The van der Waals surface area contributed by atoms with Crippen LogP contribution in [0.15, 0.2) is 24.3 Å². The van der Waals surface area contributed by atoms with Gasteiger partial charge in [0.25, 0.3) is 5.91 Å². The fourth-order valence-electron chi connectivity index (χ4n) is 4.95. The Morgan fingerprint density at radius 1 is 1.26 bits per heavy atom. The molecule has 7 nitrogen and oxygen atoms in total. The molecule has 0 aromatic heterocycles. The molecular weight excluding hydrogens is 451 g/mol. The average Bonchev–Trinajstić information content (AvgIpc) is 3.34. The SMILES string of the molecule is COc1c(C(=O)N[C@H]2CCOC[C@@H]2O)cc(Cc2ccc(C(=O)CCC#N)c(F)c2)c2c1CCC2. The Morgan fingerprint density at radius 3 is 2.77 bits per heavy atom. The van der Waals surface area contributed by atoms with Crippen LogP contribution in [0.3, 0.4) is 0 Å². The molecule has 35 heavy (non-hydrogen) atoms. The smallest absolute Gasteiger partial charge is 0.255 e. The van der Waals surface area contributed by atoms with Crippen LogP contribution in [-0.4, -0.2) is 49.3 Å². The summed E-state index contributed by atoms with van der Waals surface area (Å²) in [5.74, 6) is -0.782. The third-order valence-electron chi connectivity index (χ3n) is 6.73. The summed E-state index contributed by atoms with van der Waals surface area (Å²) in [6.07, 6.45) is 2.74. The maximum Gasteiger partial charge on any atom is 0.255 e. The van der Waals surface area contributed by atoms with Crippen molar-refractivity contribution in [2.45, 2.75) is 57.1 Å². The van der Waals surface area contributed by atoms with Crippen LogP contribution in [0.4, 0.5) is 4.39 Å². The van der Waals surface area contributed by atoms with Gasteiger partial charge in [0.1, 0.15) is 11.6 Å². The molecule has 0 radical (unpaired) electrons. The van der Waals surface area contributed by atoms with Gasteiger partial charge in [0.05, 0.1) is 43.1 Å². The zero-order valence-corrected chi connectivity index (χ0v) is 19.7. The summed E-state index contributed by atoms with van der Waals surface area (Å²) >= 11 is 0. The minimum Gasteiger partial charge on any atom is -0.496 e. The Morgan fingerprint density at radius 2 is 2.06 bits per heavy atom. The van der Waals surface area contributed by atoms with Crippen LogP contribution in [0, 0.1) is 17.1 Å². The minimum absolute atomic E-state index is 0.0148. The molecule has 2 aromatic carbocycles. The number of nitriles is 1. The van der Waals surface area contributed by atoms with E-state index >= 15 is 0 Å². The number of aliphatic hydroxyl groups excluding tert-OH is 1. The number of nitrogens with zero attached hydrogens (tertiary/aromatic N) is 1. The van der Waals surface area contributed by atoms with Gasteiger partial charge in [-0.2, -0.15) is 5.26 Å². The minimum atomic E-state index is -0.773. The highest BCUT2D eigenvalue weighted by Gasteiger charge is 2.29. The lowest BCUT2D eigenvalue weighted by Crippen LogP contribution is -2.48. The van der Waals surface area contributed by atoms with E-state index in [1.165, 1.54) is 12.1 Å². The highest BCUT2D eigenvalue weighted by atomic mass is 19.1. The number of hydrogen-bond donors (Lipinski definition) is 2. The summed E-state index contributed by atoms with van der Waals surface area (Å²) < 4.78 is 25.6. The first kappa shape index (κ1) is 24.8. The van der Waals surface area contributed by atoms with E-state index in [0.717, 1.165) is 36.0 Å². The Labute approximate surface area is 203 Å². The number of carbonyl (C=O) groups excluding carboxylic acids is 2. The topological polar surface area (TPSA) is 109 Å². The summed E-state index contributed by atoms with van der Waals surface area (Å²) in [4.78, 5) is 25.4. The number of aliphatic hydroxyl groups is 1. The van der Waals surface area contributed by atoms with E-state index in [1.807, 2.05) is 6.07 Å². The first-order chi connectivity index (χ1) is 16.9. The molecule has 2 N–H and O–H groups in total. The van der Waals surface area contributed by atoms with Crippen LogP contribution in [0.1, 0.15) is 68.7 Å². The lowest BCUT2D eigenvalue weighted by Gasteiger charge is -2.29. The van der Waals surface area contributed by atoms with Gasteiger partial charge in [0.2, 0.25) is 0 Å². The molecule has 1 heterocycles. The van der Waals surface area contributed by atoms with Gasteiger partial charge in [-0.15, -0.1) is 0 Å². The van der Waals surface area contributed by atoms with E-state index in [1.54, 1.807) is 19.2 Å². The second-order valence-electron chi connectivity index (χ2n) is 9.01. The number of ketones is 1. The molecule has 4 rings (SSSR count). The Hall–Kier alpha value is -3.28. The van der Waals surface area contributed by atoms with Crippen molar-refractivity contribution in [1.82, 2.24) is 5.32 Å². The fraction of sp³-hybridized carbons (Fsp3) is 0.444. The van der Waals surface area contributed by atoms with Crippen LogP contribution >= 0.6 is 0 Å². The summed E-state index contributed by atoms with van der Waals surface area (Å²) in [6.45, 7) is 0.646. The maximum absolute atomic E-state index is 14.7. The zero-order chi connectivity index (χ0) is 24.9. The van der Waals surface area contributed by atoms with Crippen molar-refractivity contribution in [2.75, 3.05) is 20.3 Å². The highest BCUT2D eigenvalue weighted by molar-refractivity contribution is 5.98. The van der Waals surface area contributed by atoms with Crippen LogP contribution in [0.5, 0.6) is 5.75 Å². The number of halogens is 1. The monoisotopic (exact) mass is 480 g/mol. The third kappa shape index (κ3) is 5.37. The van der Waals surface area contributed by atoms with E-state index < -0.39 is 23.7 Å². The first-order valence-electron chi connectivity index (χ1n) is 11.9. The largest absolute Gasteiger partial charge is 0.496 e. The van der Waals surface area contributed by atoms with Gasteiger partial charge >= 0.3 is 0 Å². The molecule has 0 unspecified atom stereocenters. The van der Waals surface area contributed by atoms with Crippen LogP contribution < -0.4 is 10.1 Å². The number of ether oxygens (including phenoxy) is 2. The lowest BCUT2D eigenvalue weighted by atomic mass is 9.92. The summed E-state index contributed by atoms with van der Waals surface area (Å²) in [5, 5.41) is 21.8. The molecule has 1 aliphatic heterocycles. The van der Waals surface area contributed by atoms with Gasteiger partial charge in [-0.1, -0.05) is 6.07 Å². The Balaban J connectivity index is 1.63. The van der Waals surface area contributed by atoms with E-state index in [4.69, 9.17) is 14.7 Å². The first-order valence-corrected chi connectivity index (χ1v) is 11.9. The van der Waals surface area contributed by atoms with Crippen LogP contribution in [0.2, 0.25) is 0 Å². The van der Waals surface area contributed by atoms with Gasteiger partial charge in [-0.25, -0.2) is 4.39 Å². The highest BCUT2D eigenvalue weighted by Crippen LogP contribution is 2.37. The van der Waals surface area contributed by atoms with Crippen molar-refractivity contribution in [3.05, 3.63) is 63.5 Å². The number of rotatable bonds is 8. The van der Waals surface area contributed by atoms with Gasteiger partial charge in [0.15, 0.2) is 5.78 Å². The second-order valence-corrected chi connectivity index (χ2v) is 9.01. The number of Topliss-reactive ketones (excluding diaryl/α,β-unsaturated/α-hetero) is 1. The molecule has 2 atom stereocenters. The molecule has 0 saturated carbocycles. The van der Waals surface area contributed by atoms with Crippen molar-refractivity contribution < 1.29 is 28.6 Å². The fourth-order valence-corrected chi connectivity index (χ4v) is 4.95. The quantitative estimate of drug-likeness (QED) is 0.562. The molecule has 0 spiro atoms.